The molecule has 126 valence electrons. The lowest BCUT2D eigenvalue weighted by Crippen LogP contribution is -2.34. The molecule has 4 nitrogen and oxygen atoms in total. The molecule has 1 amide bonds. The molecule has 0 radical (unpaired) electrons. The highest BCUT2D eigenvalue weighted by Crippen LogP contribution is 2.18. The number of aromatic nitrogens is 1. The lowest BCUT2D eigenvalue weighted by Gasteiger charge is -2.15. The highest BCUT2D eigenvalue weighted by atomic mass is 19.2. The summed E-state index contributed by atoms with van der Waals surface area (Å²) in [6, 6.07) is 4.90. The molecule has 1 aromatic heterocycles. The second-order valence-electron chi connectivity index (χ2n) is 6.07. The average molecular weight is 332 g/mol. The van der Waals surface area contributed by atoms with Gasteiger partial charge in [-0.15, -0.1) is 0 Å². The lowest BCUT2D eigenvalue weighted by molar-refractivity contribution is -0.122. The van der Waals surface area contributed by atoms with Crippen molar-refractivity contribution in [1.29, 1.82) is 0 Å². The van der Waals surface area contributed by atoms with Crippen LogP contribution in [0.1, 0.15) is 36.1 Å². The summed E-state index contributed by atoms with van der Waals surface area (Å²) >= 11 is 0. The Kier molecular flexibility index (Phi) is 4.46. The number of amides is 1. The molecule has 0 aliphatic heterocycles. The fourth-order valence-corrected chi connectivity index (χ4v) is 3.05. The Morgan fingerprint density at radius 1 is 1.25 bits per heavy atom. The molecule has 1 atom stereocenters. The minimum Gasteiger partial charge on any atom is -0.348 e. The van der Waals surface area contributed by atoms with Crippen LogP contribution in [-0.4, -0.2) is 10.5 Å². The fourth-order valence-electron chi connectivity index (χ4n) is 3.05. The van der Waals surface area contributed by atoms with Gasteiger partial charge in [-0.1, -0.05) is 6.07 Å². The third-order valence-electron chi connectivity index (χ3n) is 4.37. The number of hydrogen-bond donors (Lipinski definition) is 1. The maximum absolute atomic E-state index is 13.3. The second-order valence-corrected chi connectivity index (χ2v) is 6.07. The summed E-state index contributed by atoms with van der Waals surface area (Å²) in [7, 11) is 0. The quantitative estimate of drug-likeness (QED) is 0.935. The van der Waals surface area contributed by atoms with Crippen LogP contribution in [0.4, 0.5) is 8.78 Å². The molecule has 1 aromatic carbocycles. The number of fused-ring (bicyclic) bond motifs is 1. The van der Waals surface area contributed by atoms with Crippen LogP contribution in [0.2, 0.25) is 0 Å². The van der Waals surface area contributed by atoms with E-state index in [1.165, 1.54) is 10.6 Å². The van der Waals surface area contributed by atoms with Gasteiger partial charge < -0.3 is 9.88 Å². The maximum atomic E-state index is 13.3. The van der Waals surface area contributed by atoms with Gasteiger partial charge in [0.25, 0.3) is 5.56 Å². The topological polar surface area (TPSA) is 51.1 Å². The van der Waals surface area contributed by atoms with E-state index in [-0.39, 0.29) is 18.0 Å². The van der Waals surface area contributed by atoms with Gasteiger partial charge in [0.05, 0.1) is 6.04 Å². The van der Waals surface area contributed by atoms with E-state index in [0.29, 0.717) is 5.56 Å². The Labute approximate surface area is 138 Å². The molecule has 1 aliphatic carbocycles. The number of carbonyl (C=O) groups excluding carboxylic acids is 1. The van der Waals surface area contributed by atoms with Crippen molar-refractivity contribution in [3.05, 3.63) is 69.1 Å². The zero-order valence-corrected chi connectivity index (χ0v) is 13.3. The molecule has 0 fully saturated rings. The first-order chi connectivity index (χ1) is 11.5. The molecule has 6 heteroatoms. The minimum atomic E-state index is -0.955. The van der Waals surface area contributed by atoms with E-state index in [1.807, 2.05) is 6.07 Å². The number of pyridine rings is 1. The molecule has 0 saturated carbocycles. The number of nitrogens with zero attached hydrogens (tertiary/aromatic N) is 1. The van der Waals surface area contributed by atoms with Crippen molar-refractivity contribution in [2.24, 2.45) is 0 Å². The van der Waals surface area contributed by atoms with E-state index in [1.54, 1.807) is 13.1 Å². The SMILES string of the molecule is C[C@H](NC(=O)Cn1ccc2c(c1=O)CCC2)c1ccc(F)c(F)c1. The zero-order valence-electron chi connectivity index (χ0n) is 13.3. The van der Waals surface area contributed by atoms with E-state index in [4.69, 9.17) is 0 Å². The number of carbonyl (C=O) groups is 1. The summed E-state index contributed by atoms with van der Waals surface area (Å²) in [6.45, 7) is 1.58. The van der Waals surface area contributed by atoms with Gasteiger partial charge in [0.2, 0.25) is 5.91 Å². The van der Waals surface area contributed by atoms with Crippen molar-refractivity contribution in [3.8, 4) is 0 Å². The standard InChI is InChI=1S/C18H18F2N2O2/c1-11(13-5-6-15(19)16(20)9-13)21-17(23)10-22-8-7-12-3-2-4-14(12)18(22)24/h5-9,11H,2-4,10H2,1H3,(H,21,23)/t11-/m0/s1. The molecule has 1 N–H and O–H groups in total. The summed E-state index contributed by atoms with van der Waals surface area (Å²) in [5.74, 6) is -2.24. The van der Waals surface area contributed by atoms with Gasteiger partial charge in [0.1, 0.15) is 6.54 Å². The van der Waals surface area contributed by atoms with Gasteiger partial charge in [0, 0.05) is 11.8 Å². The van der Waals surface area contributed by atoms with Crippen LogP contribution in [0.5, 0.6) is 0 Å². The molecule has 1 heterocycles. The summed E-state index contributed by atoms with van der Waals surface area (Å²) in [5, 5.41) is 2.70. The molecular formula is C18H18F2N2O2. The number of nitrogens with one attached hydrogen (secondary N) is 1. The van der Waals surface area contributed by atoms with Crippen LogP contribution in [0, 0.1) is 11.6 Å². The van der Waals surface area contributed by atoms with Crippen LogP contribution in [0.25, 0.3) is 0 Å². The molecule has 0 saturated heterocycles. The number of rotatable bonds is 4. The molecule has 1 aliphatic rings. The van der Waals surface area contributed by atoms with Gasteiger partial charge in [-0.05, 0) is 55.5 Å². The van der Waals surface area contributed by atoms with Crippen LogP contribution in [0.15, 0.2) is 35.3 Å². The van der Waals surface area contributed by atoms with Crippen LogP contribution in [0.3, 0.4) is 0 Å². The first kappa shape index (κ1) is 16.4. The molecule has 0 unspecified atom stereocenters. The molecule has 24 heavy (non-hydrogen) atoms. The van der Waals surface area contributed by atoms with E-state index < -0.39 is 17.7 Å². The van der Waals surface area contributed by atoms with Crippen LogP contribution < -0.4 is 10.9 Å². The molecule has 2 aromatic rings. The third-order valence-corrected chi connectivity index (χ3v) is 4.37. The average Bonchev–Trinajstić information content (AvgIpc) is 3.02. The number of benzene rings is 1. The van der Waals surface area contributed by atoms with Crippen molar-refractivity contribution >= 4 is 5.91 Å². The van der Waals surface area contributed by atoms with E-state index in [2.05, 4.69) is 5.32 Å². The summed E-state index contributed by atoms with van der Waals surface area (Å²) in [6.07, 6.45) is 4.26. The van der Waals surface area contributed by atoms with E-state index in [9.17, 15) is 18.4 Å². The highest BCUT2D eigenvalue weighted by Gasteiger charge is 2.17. The predicted molar refractivity (Wildman–Crippen MR) is 85.6 cm³/mol. The van der Waals surface area contributed by atoms with Gasteiger partial charge >= 0.3 is 0 Å². The molecular weight excluding hydrogens is 314 g/mol. The van der Waals surface area contributed by atoms with Gasteiger partial charge in [-0.2, -0.15) is 0 Å². The summed E-state index contributed by atoms with van der Waals surface area (Å²) in [4.78, 5) is 24.5. The Balaban J connectivity index is 1.69. The Morgan fingerprint density at radius 3 is 2.79 bits per heavy atom. The van der Waals surface area contributed by atoms with Gasteiger partial charge in [0.15, 0.2) is 11.6 Å². The first-order valence-corrected chi connectivity index (χ1v) is 7.91. The maximum Gasteiger partial charge on any atom is 0.254 e. The lowest BCUT2D eigenvalue weighted by atomic mass is 10.1. The number of halogens is 2. The fraction of sp³-hybridized carbons (Fsp3) is 0.333. The normalized spacial score (nSPS) is 14.3. The van der Waals surface area contributed by atoms with Crippen molar-refractivity contribution in [1.82, 2.24) is 9.88 Å². The summed E-state index contributed by atoms with van der Waals surface area (Å²) < 4.78 is 27.6. The molecule has 3 rings (SSSR count). The molecule has 0 bridgehead atoms. The Morgan fingerprint density at radius 2 is 2.04 bits per heavy atom. The third kappa shape index (κ3) is 3.22. The van der Waals surface area contributed by atoms with E-state index in [0.717, 1.165) is 42.5 Å². The van der Waals surface area contributed by atoms with Crippen molar-refractivity contribution in [3.63, 3.8) is 0 Å². The Hall–Kier alpha value is -2.50. The second kappa shape index (κ2) is 6.55. The largest absolute Gasteiger partial charge is 0.348 e. The number of aryl methyl sites for hydroxylation is 1. The van der Waals surface area contributed by atoms with Gasteiger partial charge in [-0.3, -0.25) is 9.59 Å². The van der Waals surface area contributed by atoms with Crippen molar-refractivity contribution in [2.75, 3.05) is 0 Å². The van der Waals surface area contributed by atoms with Crippen molar-refractivity contribution < 1.29 is 13.6 Å². The van der Waals surface area contributed by atoms with Crippen LogP contribution >= 0.6 is 0 Å². The number of hydrogen-bond acceptors (Lipinski definition) is 2. The summed E-state index contributed by atoms with van der Waals surface area (Å²) in [5.41, 5.74) is 2.19. The zero-order chi connectivity index (χ0) is 17.3. The predicted octanol–water partition coefficient (Wildman–Crippen LogP) is 2.49. The van der Waals surface area contributed by atoms with Crippen molar-refractivity contribution in [2.45, 2.75) is 38.8 Å². The van der Waals surface area contributed by atoms with E-state index >= 15 is 0 Å². The smallest absolute Gasteiger partial charge is 0.254 e. The van der Waals surface area contributed by atoms with Crippen LogP contribution in [-0.2, 0) is 24.2 Å². The molecule has 0 spiro atoms. The minimum absolute atomic E-state index is 0.0971. The monoisotopic (exact) mass is 332 g/mol. The first-order valence-electron chi connectivity index (χ1n) is 7.91. The Bertz CT molecular complexity index is 845. The highest BCUT2D eigenvalue weighted by molar-refractivity contribution is 5.76. The van der Waals surface area contributed by atoms with Gasteiger partial charge in [-0.25, -0.2) is 8.78 Å².